The summed E-state index contributed by atoms with van der Waals surface area (Å²) in [6.07, 6.45) is 0.618. The minimum Gasteiger partial charge on any atom is -0.465 e. The lowest BCUT2D eigenvalue weighted by atomic mass is 10.2. The molecule has 0 spiro atoms. The minimum atomic E-state index is -0.361. The molecule has 1 N–H and O–H groups in total. The maximum atomic E-state index is 12.1. The molecule has 0 aromatic carbocycles. The van der Waals surface area contributed by atoms with Crippen molar-refractivity contribution < 1.29 is 9.53 Å². The van der Waals surface area contributed by atoms with E-state index in [1.807, 2.05) is 33.8 Å². The highest BCUT2D eigenvalue weighted by molar-refractivity contribution is 8.00. The third-order valence-electron chi connectivity index (χ3n) is 2.95. The molecule has 1 atom stereocenters. The van der Waals surface area contributed by atoms with Crippen molar-refractivity contribution in [1.82, 2.24) is 9.97 Å². The molecule has 0 aliphatic rings. The number of fused-ring (bicyclic) bond motifs is 1. The summed E-state index contributed by atoms with van der Waals surface area (Å²) in [4.78, 5) is 33.1. The third kappa shape index (κ3) is 4.10. The van der Waals surface area contributed by atoms with Crippen LogP contribution in [0.25, 0.3) is 10.2 Å². The second-order valence-corrected chi connectivity index (χ2v) is 7.91. The Morgan fingerprint density at radius 1 is 1.50 bits per heavy atom. The number of nitrogens with zero attached hydrogens (tertiary/aromatic N) is 1. The fourth-order valence-electron chi connectivity index (χ4n) is 1.86. The number of carbonyl (C=O) groups is 1. The van der Waals surface area contributed by atoms with Crippen LogP contribution in [0.1, 0.15) is 32.1 Å². The molecule has 1 unspecified atom stereocenters. The van der Waals surface area contributed by atoms with E-state index < -0.39 is 0 Å². The van der Waals surface area contributed by atoms with E-state index in [1.165, 1.54) is 23.1 Å². The molecule has 5 nitrogen and oxygen atoms in total. The van der Waals surface area contributed by atoms with Crippen LogP contribution in [0, 0.1) is 12.8 Å². The number of rotatable bonds is 6. The molecule has 22 heavy (non-hydrogen) atoms. The molecule has 2 heterocycles. The van der Waals surface area contributed by atoms with Gasteiger partial charge in [0.25, 0.3) is 5.56 Å². The van der Waals surface area contributed by atoms with E-state index in [-0.39, 0.29) is 16.8 Å². The Labute approximate surface area is 137 Å². The molecule has 2 rings (SSSR count). The maximum absolute atomic E-state index is 12.1. The molecular formula is C15H20N2O3S2. The summed E-state index contributed by atoms with van der Waals surface area (Å²) in [7, 11) is 0. The first-order valence-corrected chi connectivity index (χ1v) is 8.94. The van der Waals surface area contributed by atoms with Gasteiger partial charge in [0.2, 0.25) is 0 Å². The van der Waals surface area contributed by atoms with Gasteiger partial charge in [0, 0.05) is 4.88 Å². The zero-order valence-electron chi connectivity index (χ0n) is 13.1. The molecule has 7 heteroatoms. The molecule has 2 aromatic rings. The Hall–Kier alpha value is -1.34. The SMILES string of the molecule is CCC(Sc1nc2sc(C)cc2c(=O)[nH]1)C(=O)OCC(C)C. The molecule has 0 bridgehead atoms. The topological polar surface area (TPSA) is 72.0 Å². The fourth-order valence-corrected chi connectivity index (χ4v) is 3.70. The largest absolute Gasteiger partial charge is 0.465 e. The van der Waals surface area contributed by atoms with Gasteiger partial charge in [0.05, 0.1) is 12.0 Å². The molecule has 2 aromatic heterocycles. The van der Waals surface area contributed by atoms with Gasteiger partial charge >= 0.3 is 5.97 Å². The first-order chi connectivity index (χ1) is 10.4. The van der Waals surface area contributed by atoms with E-state index in [4.69, 9.17) is 4.74 Å². The normalized spacial score (nSPS) is 12.8. The number of aromatic nitrogens is 2. The van der Waals surface area contributed by atoms with Gasteiger partial charge in [0.15, 0.2) is 5.16 Å². The molecule has 0 amide bonds. The van der Waals surface area contributed by atoms with Crippen molar-refractivity contribution >= 4 is 39.3 Å². The molecule has 120 valence electrons. The number of nitrogens with one attached hydrogen (secondary N) is 1. The molecule has 0 aliphatic heterocycles. The van der Waals surface area contributed by atoms with Gasteiger partial charge in [-0.05, 0) is 25.3 Å². The van der Waals surface area contributed by atoms with Gasteiger partial charge in [-0.2, -0.15) is 0 Å². The number of aromatic amines is 1. The number of carbonyl (C=O) groups excluding carboxylic acids is 1. The zero-order valence-corrected chi connectivity index (χ0v) is 14.8. The van der Waals surface area contributed by atoms with Crippen molar-refractivity contribution in [2.45, 2.75) is 44.5 Å². The van der Waals surface area contributed by atoms with E-state index in [9.17, 15) is 9.59 Å². The molecular weight excluding hydrogens is 320 g/mol. The van der Waals surface area contributed by atoms with E-state index >= 15 is 0 Å². The Morgan fingerprint density at radius 3 is 2.86 bits per heavy atom. The number of H-pyrrole nitrogens is 1. The van der Waals surface area contributed by atoms with Crippen LogP contribution < -0.4 is 5.56 Å². The number of thioether (sulfide) groups is 1. The number of ether oxygens (including phenoxy) is 1. The zero-order chi connectivity index (χ0) is 16.3. The van der Waals surface area contributed by atoms with Crippen LogP contribution in [0.15, 0.2) is 16.0 Å². The Morgan fingerprint density at radius 2 is 2.23 bits per heavy atom. The molecule has 0 saturated carbocycles. The highest BCUT2D eigenvalue weighted by Crippen LogP contribution is 2.26. The molecule has 0 fully saturated rings. The average Bonchev–Trinajstić information content (AvgIpc) is 2.83. The van der Waals surface area contributed by atoms with Gasteiger partial charge in [-0.1, -0.05) is 32.5 Å². The quantitative estimate of drug-likeness (QED) is 0.496. The first-order valence-electron chi connectivity index (χ1n) is 7.24. The predicted molar refractivity (Wildman–Crippen MR) is 90.7 cm³/mol. The van der Waals surface area contributed by atoms with E-state index in [0.717, 1.165) is 4.88 Å². The Kier molecular flexibility index (Phi) is 5.63. The van der Waals surface area contributed by atoms with Crippen molar-refractivity contribution in [3.63, 3.8) is 0 Å². The number of aryl methyl sites for hydroxylation is 1. The summed E-state index contributed by atoms with van der Waals surface area (Å²) in [5, 5.41) is 0.704. The highest BCUT2D eigenvalue weighted by atomic mass is 32.2. The van der Waals surface area contributed by atoms with Crippen LogP contribution in [-0.2, 0) is 9.53 Å². The lowest BCUT2D eigenvalue weighted by molar-refractivity contribution is -0.144. The fraction of sp³-hybridized carbons (Fsp3) is 0.533. The summed E-state index contributed by atoms with van der Waals surface area (Å²) in [6, 6.07) is 1.83. The summed E-state index contributed by atoms with van der Waals surface area (Å²) in [5.41, 5.74) is -0.165. The Balaban J connectivity index is 2.17. The van der Waals surface area contributed by atoms with Gasteiger partial charge in [0.1, 0.15) is 10.1 Å². The molecule has 0 saturated heterocycles. The van der Waals surface area contributed by atoms with E-state index in [2.05, 4.69) is 9.97 Å². The predicted octanol–water partition coefficient (Wildman–Crippen LogP) is 3.36. The average molecular weight is 340 g/mol. The van der Waals surface area contributed by atoms with Crippen LogP contribution in [0.3, 0.4) is 0 Å². The standard InChI is InChI=1S/C15H20N2O3S2/c1-5-11(14(19)20-7-8(2)3)22-15-16-12(18)10-6-9(4)21-13(10)17-15/h6,8,11H,5,7H2,1-4H3,(H,16,17,18). The van der Waals surface area contributed by atoms with Gasteiger partial charge < -0.3 is 9.72 Å². The second kappa shape index (κ2) is 7.28. The molecule has 0 radical (unpaired) electrons. The van der Waals surface area contributed by atoms with Crippen molar-refractivity contribution in [3.8, 4) is 0 Å². The van der Waals surface area contributed by atoms with E-state index in [0.29, 0.717) is 34.3 Å². The monoisotopic (exact) mass is 340 g/mol. The highest BCUT2D eigenvalue weighted by Gasteiger charge is 2.21. The van der Waals surface area contributed by atoms with Crippen molar-refractivity contribution in [2.75, 3.05) is 6.61 Å². The number of esters is 1. The number of thiophene rings is 1. The molecule has 0 aliphatic carbocycles. The van der Waals surface area contributed by atoms with Gasteiger partial charge in [-0.25, -0.2) is 4.98 Å². The minimum absolute atomic E-state index is 0.165. The lowest BCUT2D eigenvalue weighted by Gasteiger charge is -2.14. The van der Waals surface area contributed by atoms with E-state index in [1.54, 1.807) is 0 Å². The third-order valence-corrected chi connectivity index (χ3v) is 5.12. The van der Waals surface area contributed by atoms with Crippen LogP contribution in [0.4, 0.5) is 0 Å². The summed E-state index contributed by atoms with van der Waals surface area (Å²) >= 11 is 2.73. The van der Waals surface area contributed by atoms with Crippen molar-refractivity contribution in [2.24, 2.45) is 5.92 Å². The number of hydrogen-bond acceptors (Lipinski definition) is 6. The summed E-state index contributed by atoms with van der Waals surface area (Å²) in [5.74, 6) is 0.0427. The van der Waals surface area contributed by atoms with Gasteiger partial charge in [-0.15, -0.1) is 11.3 Å². The van der Waals surface area contributed by atoms with Crippen LogP contribution >= 0.6 is 23.1 Å². The maximum Gasteiger partial charge on any atom is 0.319 e. The van der Waals surface area contributed by atoms with Crippen molar-refractivity contribution in [1.29, 1.82) is 0 Å². The second-order valence-electron chi connectivity index (χ2n) is 5.49. The Bertz CT molecular complexity index is 721. The van der Waals surface area contributed by atoms with Crippen LogP contribution in [-0.4, -0.2) is 27.8 Å². The van der Waals surface area contributed by atoms with Gasteiger partial charge in [-0.3, -0.25) is 9.59 Å². The smallest absolute Gasteiger partial charge is 0.319 e. The summed E-state index contributed by atoms with van der Waals surface area (Å²) in [6.45, 7) is 8.25. The van der Waals surface area contributed by atoms with Crippen LogP contribution in [0.2, 0.25) is 0 Å². The summed E-state index contributed by atoms with van der Waals surface area (Å²) < 4.78 is 5.27. The lowest BCUT2D eigenvalue weighted by Crippen LogP contribution is -2.22. The van der Waals surface area contributed by atoms with Crippen LogP contribution in [0.5, 0.6) is 0 Å². The van der Waals surface area contributed by atoms with Crippen molar-refractivity contribution in [3.05, 3.63) is 21.3 Å². The number of hydrogen-bond donors (Lipinski definition) is 1. The first kappa shape index (κ1) is 17.0.